The summed E-state index contributed by atoms with van der Waals surface area (Å²) < 4.78 is 0. The van der Waals surface area contributed by atoms with Crippen molar-refractivity contribution in [3.63, 3.8) is 0 Å². The first-order chi connectivity index (χ1) is 9.99. The summed E-state index contributed by atoms with van der Waals surface area (Å²) in [6.45, 7) is 4.09. The zero-order chi connectivity index (χ0) is 16.0. The number of carbonyl (C=O) groups excluding carboxylic acids is 3. The molecule has 0 radical (unpaired) electrons. The zero-order valence-corrected chi connectivity index (χ0v) is 14.0. The van der Waals surface area contributed by atoms with Gasteiger partial charge in [-0.15, -0.1) is 23.2 Å². The second-order valence-electron chi connectivity index (χ2n) is 5.07. The fraction of sp³-hybridized carbons (Fsp3) is 0.786. The van der Waals surface area contributed by atoms with E-state index < -0.39 is 23.3 Å². The first kappa shape index (κ1) is 18.2. The molecule has 0 N–H and O–H groups in total. The molecule has 7 heteroatoms. The van der Waals surface area contributed by atoms with Gasteiger partial charge < -0.3 is 0 Å². The predicted octanol–water partition coefficient (Wildman–Crippen LogP) is 2.84. The summed E-state index contributed by atoms with van der Waals surface area (Å²) in [5, 5.41) is 0. The van der Waals surface area contributed by atoms with Gasteiger partial charge in [0.15, 0.2) is 0 Å². The topological polar surface area (TPSA) is 57.7 Å². The maximum Gasteiger partial charge on any atom is 0.333 e. The number of carbonyl (C=O) groups is 3. The molecule has 0 aromatic carbocycles. The monoisotopic (exact) mass is 336 g/mol. The molecule has 5 nitrogen and oxygen atoms in total. The molecule has 1 saturated heterocycles. The Morgan fingerprint density at radius 1 is 0.857 bits per heavy atom. The summed E-state index contributed by atoms with van der Waals surface area (Å²) in [6, 6.07) is -0.544. The first-order valence-electron chi connectivity index (χ1n) is 7.30. The molecule has 0 bridgehead atoms. The smallest absolute Gasteiger partial charge is 0.273 e. The van der Waals surface area contributed by atoms with Crippen molar-refractivity contribution < 1.29 is 14.4 Å². The van der Waals surface area contributed by atoms with E-state index in [0.717, 1.165) is 0 Å². The molecule has 0 unspecified atom stereocenters. The molecule has 1 heterocycles. The lowest BCUT2D eigenvalue weighted by Gasteiger charge is -2.43. The Morgan fingerprint density at radius 2 is 1.24 bits per heavy atom. The fourth-order valence-electron chi connectivity index (χ4n) is 2.61. The minimum atomic E-state index is -1.13. The Balaban J connectivity index is 3.14. The second kappa shape index (κ2) is 7.99. The van der Waals surface area contributed by atoms with E-state index in [-0.39, 0.29) is 13.1 Å². The molecule has 1 aliphatic heterocycles. The molecule has 0 atom stereocenters. The van der Waals surface area contributed by atoms with Crippen molar-refractivity contribution in [1.82, 2.24) is 9.80 Å². The van der Waals surface area contributed by atoms with Gasteiger partial charge in [-0.25, -0.2) is 4.79 Å². The van der Waals surface area contributed by atoms with Crippen molar-refractivity contribution in [2.24, 2.45) is 5.41 Å². The van der Waals surface area contributed by atoms with Gasteiger partial charge in [0.25, 0.3) is 0 Å². The molecule has 0 spiro atoms. The van der Waals surface area contributed by atoms with E-state index in [1.165, 1.54) is 9.80 Å². The van der Waals surface area contributed by atoms with Crippen LogP contribution in [0.1, 0.15) is 39.5 Å². The van der Waals surface area contributed by atoms with E-state index in [2.05, 4.69) is 0 Å². The first-order valence-corrected chi connectivity index (χ1v) is 8.36. The van der Waals surface area contributed by atoms with Crippen LogP contribution >= 0.6 is 23.2 Å². The summed E-state index contributed by atoms with van der Waals surface area (Å²) >= 11 is 11.3. The summed E-state index contributed by atoms with van der Waals surface area (Å²) in [5.41, 5.74) is -1.13. The molecule has 0 aromatic heterocycles. The lowest BCUT2D eigenvalue weighted by atomic mass is 9.78. The van der Waals surface area contributed by atoms with E-state index in [1.54, 1.807) is 13.8 Å². The molecule has 0 aromatic rings. The quantitative estimate of drug-likeness (QED) is 0.505. The lowest BCUT2D eigenvalue weighted by Crippen LogP contribution is -2.65. The maximum absolute atomic E-state index is 12.6. The molecule has 1 fully saturated rings. The van der Waals surface area contributed by atoms with E-state index in [4.69, 9.17) is 23.2 Å². The third kappa shape index (κ3) is 3.34. The highest BCUT2D eigenvalue weighted by Gasteiger charge is 2.54. The minimum Gasteiger partial charge on any atom is -0.273 e. The summed E-state index contributed by atoms with van der Waals surface area (Å²) in [4.78, 5) is 40.0. The lowest BCUT2D eigenvalue weighted by molar-refractivity contribution is -0.159. The number of barbiturate groups is 1. The van der Waals surface area contributed by atoms with E-state index in [0.29, 0.717) is 37.4 Å². The van der Waals surface area contributed by atoms with Crippen LogP contribution in [0.4, 0.5) is 4.79 Å². The molecule has 120 valence electrons. The van der Waals surface area contributed by atoms with Crippen molar-refractivity contribution in [3.05, 3.63) is 0 Å². The van der Waals surface area contributed by atoms with Gasteiger partial charge in [0.1, 0.15) is 5.41 Å². The van der Waals surface area contributed by atoms with Crippen LogP contribution in [0.3, 0.4) is 0 Å². The van der Waals surface area contributed by atoms with Gasteiger partial charge in [0.2, 0.25) is 11.8 Å². The highest BCUT2D eigenvalue weighted by atomic mass is 35.5. The molecule has 0 saturated carbocycles. The van der Waals surface area contributed by atoms with Crippen molar-refractivity contribution in [3.8, 4) is 0 Å². The van der Waals surface area contributed by atoms with Crippen LogP contribution in [0.25, 0.3) is 0 Å². The molecule has 1 aliphatic rings. The van der Waals surface area contributed by atoms with Gasteiger partial charge in [0, 0.05) is 24.8 Å². The number of rotatable bonds is 8. The third-order valence-electron chi connectivity index (χ3n) is 4.01. The van der Waals surface area contributed by atoms with E-state index >= 15 is 0 Å². The van der Waals surface area contributed by atoms with E-state index in [9.17, 15) is 14.4 Å². The van der Waals surface area contributed by atoms with Crippen molar-refractivity contribution in [1.29, 1.82) is 0 Å². The zero-order valence-electron chi connectivity index (χ0n) is 12.5. The number of urea groups is 1. The van der Waals surface area contributed by atoms with Crippen LogP contribution in [0.15, 0.2) is 0 Å². The van der Waals surface area contributed by atoms with Gasteiger partial charge in [0.05, 0.1) is 0 Å². The number of halogens is 2. The van der Waals surface area contributed by atoms with Crippen molar-refractivity contribution >= 4 is 41.0 Å². The molecule has 1 rings (SSSR count). The van der Waals surface area contributed by atoms with Crippen LogP contribution < -0.4 is 0 Å². The number of nitrogens with zero attached hydrogens (tertiary/aromatic N) is 2. The predicted molar refractivity (Wildman–Crippen MR) is 82.5 cm³/mol. The number of alkyl halides is 2. The van der Waals surface area contributed by atoms with Gasteiger partial charge in [-0.05, 0) is 25.7 Å². The Morgan fingerprint density at radius 3 is 1.52 bits per heavy atom. The van der Waals surface area contributed by atoms with Gasteiger partial charge in [-0.1, -0.05) is 13.8 Å². The second-order valence-corrected chi connectivity index (χ2v) is 5.83. The molecular weight excluding hydrogens is 315 g/mol. The average molecular weight is 337 g/mol. The third-order valence-corrected chi connectivity index (χ3v) is 4.54. The summed E-state index contributed by atoms with van der Waals surface area (Å²) in [7, 11) is 0. The molecule has 0 aliphatic carbocycles. The highest BCUT2D eigenvalue weighted by molar-refractivity contribution is 6.20. The highest BCUT2D eigenvalue weighted by Crippen LogP contribution is 2.36. The molecule has 4 amide bonds. The van der Waals surface area contributed by atoms with Crippen LogP contribution in [-0.2, 0) is 9.59 Å². The molecular formula is C14H22Cl2N2O3. The van der Waals surface area contributed by atoms with Crippen LogP contribution in [0, 0.1) is 5.41 Å². The number of imide groups is 2. The number of hydrogen-bond donors (Lipinski definition) is 0. The van der Waals surface area contributed by atoms with E-state index in [1.807, 2.05) is 0 Å². The van der Waals surface area contributed by atoms with Crippen LogP contribution in [0.2, 0.25) is 0 Å². The Bertz CT molecular complexity index is 379. The van der Waals surface area contributed by atoms with Crippen molar-refractivity contribution in [2.45, 2.75) is 39.5 Å². The number of amides is 4. The van der Waals surface area contributed by atoms with Gasteiger partial charge >= 0.3 is 6.03 Å². The Kier molecular flexibility index (Phi) is 6.94. The SMILES string of the molecule is CCC1(CC)C(=O)N(CCCCl)C(=O)N(CCCCl)C1=O. The number of hydrogen-bond acceptors (Lipinski definition) is 3. The maximum atomic E-state index is 12.6. The van der Waals surface area contributed by atoms with Gasteiger partial charge in [-0.3, -0.25) is 19.4 Å². The van der Waals surface area contributed by atoms with Crippen LogP contribution in [0.5, 0.6) is 0 Å². The summed E-state index contributed by atoms with van der Waals surface area (Å²) in [5.74, 6) is -0.0694. The van der Waals surface area contributed by atoms with Crippen LogP contribution in [-0.4, -0.2) is 52.5 Å². The Hall–Kier alpha value is -0.810. The normalized spacial score (nSPS) is 18.6. The standard InChI is InChI=1S/C14H22Cl2N2O3/c1-3-14(4-2)11(19)17(9-5-7-15)13(21)18(12(14)20)10-6-8-16/h3-10H2,1-2H3. The Labute approximate surface area is 135 Å². The van der Waals surface area contributed by atoms with Gasteiger partial charge in [-0.2, -0.15) is 0 Å². The summed E-state index contributed by atoms with van der Waals surface area (Å²) in [6.07, 6.45) is 1.78. The minimum absolute atomic E-state index is 0.244. The largest absolute Gasteiger partial charge is 0.333 e. The van der Waals surface area contributed by atoms with Crippen molar-refractivity contribution in [2.75, 3.05) is 24.8 Å². The molecule has 21 heavy (non-hydrogen) atoms. The fourth-order valence-corrected chi connectivity index (χ4v) is 2.85. The average Bonchev–Trinajstić information content (AvgIpc) is 2.49.